The van der Waals surface area contributed by atoms with Crippen molar-refractivity contribution >= 4 is 11.8 Å². The van der Waals surface area contributed by atoms with Crippen molar-refractivity contribution in [2.24, 2.45) is 0 Å². The number of aryl methyl sites for hydroxylation is 1. The van der Waals surface area contributed by atoms with Crippen molar-refractivity contribution in [3.8, 4) is 11.5 Å². The maximum Gasteiger partial charge on any atom is 0.254 e. The van der Waals surface area contributed by atoms with Crippen LogP contribution in [0.15, 0.2) is 60.7 Å². The monoisotopic (exact) mass is 456 g/mol. The Balaban J connectivity index is 1.60. The van der Waals surface area contributed by atoms with Crippen molar-refractivity contribution in [1.82, 2.24) is 10.2 Å². The average Bonchev–Trinajstić information content (AvgIpc) is 2.87. The molecule has 2 aliphatic heterocycles. The fraction of sp³-hybridized carbons (Fsp3) is 0.286. The zero-order chi connectivity index (χ0) is 23.8. The summed E-state index contributed by atoms with van der Waals surface area (Å²) < 4.78 is 11.0. The van der Waals surface area contributed by atoms with Crippen LogP contribution in [0.25, 0.3) is 0 Å². The third-order valence-electron chi connectivity index (χ3n) is 6.90. The third kappa shape index (κ3) is 3.69. The molecule has 0 saturated heterocycles. The van der Waals surface area contributed by atoms with Crippen LogP contribution in [0.3, 0.4) is 0 Å². The molecule has 0 aromatic heterocycles. The molecule has 0 aliphatic carbocycles. The van der Waals surface area contributed by atoms with Gasteiger partial charge in [0, 0.05) is 18.7 Å². The van der Waals surface area contributed by atoms with Crippen molar-refractivity contribution in [3.63, 3.8) is 0 Å². The first kappa shape index (κ1) is 22.0. The molecule has 3 aromatic carbocycles. The molecule has 2 atom stereocenters. The molecule has 2 aliphatic rings. The van der Waals surface area contributed by atoms with Crippen LogP contribution >= 0.6 is 0 Å². The number of fused-ring (bicyclic) bond motifs is 4. The van der Waals surface area contributed by atoms with E-state index in [2.05, 4.69) is 11.4 Å². The van der Waals surface area contributed by atoms with Crippen molar-refractivity contribution in [3.05, 3.63) is 94.0 Å². The van der Waals surface area contributed by atoms with E-state index in [1.807, 2.05) is 54.3 Å². The third-order valence-corrected chi connectivity index (χ3v) is 6.90. The highest BCUT2D eigenvalue weighted by molar-refractivity contribution is 6.02. The van der Waals surface area contributed by atoms with Gasteiger partial charge in [0.25, 0.3) is 5.91 Å². The number of nitrogens with one attached hydrogen (secondary N) is 1. The summed E-state index contributed by atoms with van der Waals surface area (Å²) in [5.41, 5.74) is 5.56. The Kier molecular flexibility index (Phi) is 5.74. The minimum atomic E-state index is -0.570. The predicted octanol–water partition coefficient (Wildman–Crippen LogP) is 4.17. The van der Waals surface area contributed by atoms with E-state index in [4.69, 9.17) is 9.47 Å². The van der Waals surface area contributed by atoms with Crippen LogP contribution in [0.5, 0.6) is 11.5 Å². The maximum absolute atomic E-state index is 13.8. The SMILES string of the molecule is COc1cc2c(cc1OC)[C@@H](C(=O)NCc1ccc(C)cc1)[C@@H]1c3ccccc3CCN1C2=O. The quantitative estimate of drug-likeness (QED) is 0.626. The van der Waals surface area contributed by atoms with E-state index in [1.54, 1.807) is 26.4 Å². The number of hydrogen-bond donors (Lipinski definition) is 1. The molecule has 0 bridgehead atoms. The van der Waals surface area contributed by atoms with Gasteiger partial charge in [0.1, 0.15) is 0 Å². The van der Waals surface area contributed by atoms with Crippen molar-refractivity contribution in [1.29, 1.82) is 0 Å². The minimum Gasteiger partial charge on any atom is -0.493 e. The van der Waals surface area contributed by atoms with Gasteiger partial charge >= 0.3 is 0 Å². The number of ether oxygens (including phenoxy) is 2. The van der Waals surface area contributed by atoms with Gasteiger partial charge in [0.2, 0.25) is 5.91 Å². The summed E-state index contributed by atoms with van der Waals surface area (Å²) in [5, 5.41) is 3.12. The van der Waals surface area contributed by atoms with Gasteiger partial charge in [0.05, 0.1) is 26.2 Å². The molecule has 3 aromatic rings. The van der Waals surface area contributed by atoms with Crippen LogP contribution in [0.4, 0.5) is 0 Å². The number of rotatable bonds is 5. The number of benzene rings is 3. The van der Waals surface area contributed by atoms with Gasteiger partial charge in [-0.25, -0.2) is 0 Å². The lowest BCUT2D eigenvalue weighted by molar-refractivity contribution is -0.124. The molecule has 6 heteroatoms. The van der Waals surface area contributed by atoms with Crippen molar-refractivity contribution in [2.75, 3.05) is 20.8 Å². The van der Waals surface area contributed by atoms with Gasteiger partial charge in [-0.2, -0.15) is 0 Å². The molecule has 34 heavy (non-hydrogen) atoms. The molecule has 1 N–H and O–H groups in total. The summed E-state index contributed by atoms with van der Waals surface area (Å²) >= 11 is 0. The van der Waals surface area contributed by atoms with Crippen LogP contribution in [-0.4, -0.2) is 37.5 Å². The predicted molar refractivity (Wildman–Crippen MR) is 129 cm³/mol. The number of amides is 2. The van der Waals surface area contributed by atoms with Crippen molar-refractivity contribution < 1.29 is 19.1 Å². The molecule has 2 heterocycles. The largest absolute Gasteiger partial charge is 0.493 e. The van der Waals surface area contributed by atoms with Gasteiger partial charge in [0.15, 0.2) is 11.5 Å². The molecule has 174 valence electrons. The van der Waals surface area contributed by atoms with Gasteiger partial charge in [-0.05, 0) is 47.7 Å². The summed E-state index contributed by atoms with van der Waals surface area (Å²) in [4.78, 5) is 29.3. The first-order valence-electron chi connectivity index (χ1n) is 11.5. The van der Waals surface area contributed by atoms with E-state index in [0.717, 1.165) is 17.5 Å². The molecule has 0 spiro atoms. The van der Waals surface area contributed by atoms with Gasteiger partial charge in [-0.3, -0.25) is 9.59 Å². The van der Waals surface area contributed by atoms with E-state index in [0.29, 0.717) is 35.7 Å². The summed E-state index contributed by atoms with van der Waals surface area (Å²) in [6, 6.07) is 19.3. The molecule has 2 amide bonds. The lowest BCUT2D eigenvalue weighted by Crippen LogP contribution is -2.50. The normalized spacial score (nSPS) is 18.4. The number of hydrogen-bond acceptors (Lipinski definition) is 4. The van der Waals surface area contributed by atoms with Crippen LogP contribution in [0.2, 0.25) is 0 Å². The molecule has 5 rings (SSSR count). The molecule has 0 fully saturated rings. The van der Waals surface area contributed by atoms with E-state index in [9.17, 15) is 9.59 Å². The highest BCUT2D eigenvalue weighted by Gasteiger charge is 2.46. The highest BCUT2D eigenvalue weighted by Crippen LogP contribution is 2.48. The summed E-state index contributed by atoms with van der Waals surface area (Å²) in [6.45, 7) is 3.02. The topological polar surface area (TPSA) is 67.9 Å². The Labute approximate surface area is 199 Å². The van der Waals surface area contributed by atoms with Crippen LogP contribution in [0, 0.1) is 6.92 Å². The molecule has 0 saturated carbocycles. The van der Waals surface area contributed by atoms with E-state index >= 15 is 0 Å². The lowest BCUT2D eigenvalue weighted by atomic mass is 9.75. The zero-order valence-corrected chi connectivity index (χ0v) is 19.6. The minimum absolute atomic E-state index is 0.0851. The summed E-state index contributed by atoms with van der Waals surface area (Å²) in [5.74, 6) is 0.206. The molecule has 6 nitrogen and oxygen atoms in total. The standard InChI is InChI=1S/C28H28N2O4/c1-17-8-10-18(11-9-17)16-29-27(31)25-21-14-23(33-2)24(34-3)15-22(21)28(32)30-13-12-19-6-4-5-7-20(19)26(25)30/h4-11,14-15,25-26H,12-13,16H2,1-3H3,(H,29,31)/t25-,26+/m1/s1. The first-order valence-corrected chi connectivity index (χ1v) is 11.5. The summed E-state index contributed by atoms with van der Waals surface area (Å²) in [6.07, 6.45) is 0.763. The number of methoxy groups -OCH3 is 2. The Morgan fingerprint density at radius 3 is 2.44 bits per heavy atom. The number of nitrogens with zero attached hydrogens (tertiary/aromatic N) is 1. The number of carbonyl (C=O) groups is 2. The highest BCUT2D eigenvalue weighted by atomic mass is 16.5. The Bertz CT molecular complexity index is 1250. The fourth-order valence-electron chi connectivity index (χ4n) is 5.14. The summed E-state index contributed by atoms with van der Waals surface area (Å²) in [7, 11) is 3.10. The second-order valence-corrected chi connectivity index (χ2v) is 8.87. The van der Waals surface area contributed by atoms with Crippen LogP contribution in [0.1, 0.15) is 50.1 Å². The van der Waals surface area contributed by atoms with Gasteiger partial charge in [-0.15, -0.1) is 0 Å². The zero-order valence-electron chi connectivity index (χ0n) is 19.6. The second-order valence-electron chi connectivity index (χ2n) is 8.87. The Morgan fingerprint density at radius 1 is 1.00 bits per heavy atom. The van der Waals surface area contributed by atoms with E-state index in [1.165, 1.54) is 11.1 Å². The van der Waals surface area contributed by atoms with Crippen LogP contribution in [-0.2, 0) is 17.8 Å². The Hall–Kier alpha value is -3.80. The van der Waals surface area contributed by atoms with Gasteiger partial charge in [-0.1, -0.05) is 54.1 Å². The maximum atomic E-state index is 13.8. The fourth-order valence-corrected chi connectivity index (χ4v) is 5.14. The average molecular weight is 457 g/mol. The van der Waals surface area contributed by atoms with Crippen molar-refractivity contribution in [2.45, 2.75) is 31.8 Å². The molecule has 0 radical (unpaired) electrons. The van der Waals surface area contributed by atoms with E-state index in [-0.39, 0.29) is 17.9 Å². The van der Waals surface area contributed by atoms with Gasteiger partial charge < -0.3 is 19.7 Å². The first-order chi connectivity index (χ1) is 16.5. The molecule has 0 unspecified atom stereocenters. The lowest BCUT2D eigenvalue weighted by Gasteiger charge is -2.45. The van der Waals surface area contributed by atoms with Crippen LogP contribution < -0.4 is 14.8 Å². The number of carbonyl (C=O) groups excluding carboxylic acids is 2. The van der Waals surface area contributed by atoms with E-state index < -0.39 is 5.92 Å². The molecular formula is C28H28N2O4. The Morgan fingerprint density at radius 2 is 1.71 bits per heavy atom. The second kappa shape index (κ2) is 8.86. The molecular weight excluding hydrogens is 428 g/mol. The smallest absolute Gasteiger partial charge is 0.254 e.